The Balaban J connectivity index is 2.34. The lowest BCUT2D eigenvalue weighted by atomic mass is 10.2. The normalized spacial score (nSPS) is 10.6. The first-order valence-corrected chi connectivity index (χ1v) is 4.64. The monoisotopic (exact) mass is 197 g/mol. The summed E-state index contributed by atoms with van der Waals surface area (Å²) in [5.74, 6) is 1.30. The van der Waals surface area contributed by atoms with Gasteiger partial charge in [0.2, 0.25) is 11.8 Å². The van der Waals surface area contributed by atoms with Crippen molar-refractivity contribution in [3.8, 4) is 0 Å². The minimum absolute atomic E-state index is 0.0699. The Kier molecular flexibility index (Phi) is 3.62. The first kappa shape index (κ1) is 10.7. The van der Waals surface area contributed by atoms with Gasteiger partial charge in [-0.1, -0.05) is 19.0 Å². The Morgan fingerprint density at radius 2 is 2.29 bits per heavy atom. The van der Waals surface area contributed by atoms with E-state index in [1.165, 1.54) is 0 Å². The standard InChI is InChI=1S/C9H15N3O2/c1-6(2)5-10-9(13)4-8-11-7(3)14-12-8/h6H,4-5H2,1-3H3,(H,10,13). The minimum atomic E-state index is -0.0699. The zero-order chi connectivity index (χ0) is 10.6. The molecule has 0 aliphatic heterocycles. The molecule has 0 saturated heterocycles. The van der Waals surface area contributed by atoms with Gasteiger partial charge in [-0.25, -0.2) is 0 Å². The van der Waals surface area contributed by atoms with Crippen LogP contribution in [0.25, 0.3) is 0 Å². The number of nitrogens with one attached hydrogen (secondary N) is 1. The first-order valence-electron chi connectivity index (χ1n) is 4.64. The van der Waals surface area contributed by atoms with Gasteiger partial charge in [-0.2, -0.15) is 4.98 Å². The van der Waals surface area contributed by atoms with Crippen LogP contribution in [0.2, 0.25) is 0 Å². The van der Waals surface area contributed by atoms with Gasteiger partial charge in [0.1, 0.15) is 0 Å². The summed E-state index contributed by atoms with van der Waals surface area (Å²) in [6, 6.07) is 0. The molecule has 0 spiro atoms. The van der Waals surface area contributed by atoms with Gasteiger partial charge >= 0.3 is 0 Å². The van der Waals surface area contributed by atoms with Crippen molar-refractivity contribution in [3.63, 3.8) is 0 Å². The maximum atomic E-state index is 11.3. The predicted molar refractivity (Wildman–Crippen MR) is 50.6 cm³/mol. The van der Waals surface area contributed by atoms with Gasteiger partial charge in [0.15, 0.2) is 5.82 Å². The summed E-state index contributed by atoms with van der Waals surface area (Å²) in [5, 5.41) is 6.42. The van der Waals surface area contributed by atoms with Crippen molar-refractivity contribution in [1.82, 2.24) is 15.5 Å². The molecule has 1 N–H and O–H groups in total. The first-order chi connectivity index (χ1) is 6.58. The molecule has 0 fully saturated rings. The predicted octanol–water partition coefficient (Wildman–Crippen LogP) is 0.693. The molecular formula is C9H15N3O2. The van der Waals surface area contributed by atoms with Crippen LogP contribution in [0.15, 0.2) is 4.52 Å². The molecule has 1 heterocycles. The molecule has 0 bridgehead atoms. The second-order valence-corrected chi connectivity index (χ2v) is 3.60. The molecule has 1 rings (SSSR count). The van der Waals surface area contributed by atoms with Gasteiger partial charge in [0, 0.05) is 13.5 Å². The maximum Gasteiger partial charge on any atom is 0.227 e. The summed E-state index contributed by atoms with van der Waals surface area (Å²) in [4.78, 5) is 15.2. The molecule has 0 aliphatic carbocycles. The van der Waals surface area contributed by atoms with E-state index in [1.54, 1.807) is 6.92 Å². The van der Waals surface area contributed by atoms with Crippen LogP contribution in [-0.4, -0.2) is 22.6 Å². The van der Waals surface area contributed by atoms with Crippen LogP contribution in [0.4, 0.5) is 0 Å². The number of carbonyl (C=O) groups excluding carboxylic acids is 1. The highest BCUT2D eigenvalue weighted by Crippen LogP contribution is 1.96. The molecule has 14 heavy (non-hydrogen) atoms. The largest absolute Gasteiger partial charge is 0.355 e. The number of nitrogens with zero attached hydrogens (tertiary/aromatic N) is 2. The summed E-state index contributed by atoms with van der Waals surface area (Å²) in [7, 11) is 0. The third-order valence-corrected chi connectivity index (χ3v) is 1.60. The van der Waals surface area contributed by atoms with Gasteiger partial charge in [-0.15, -0.1) is 0 Å². The van der Waals surface area contributed by atoms with Gasteiger partial charge in [0.05, 0.1) is 6.42 Å². The summed E-state index contributed by atoms with van der Waals surface area (Å²) < 4.78 is 4.75. The fourth-order valence-electron chi connectivity index (χ4n) is 0.937. The summed E-state index contributed by atoms with van der Waals surface area (Å²) >= 11 is 0. The van der Waals surface area contributed by atoms with Crippen LogP contribution in [-0.2, 0) is 11.2 Å². The van der Waals surface area contributed by atoms with Crippen molar-refractivity contribution >= 4 is 5.91 Å². The molecule has 5 nitrogen and oxygen atoms in total. The van der Waals surface area contributed by atoms with Crippen LogP contribution < -0.4 is 5.32 Å². The lowest BCUT2D eigenvalue weighted by Gasteiger charge is -2.05. The molecular weight excluding hydrogens is 182 g/mol. The molecule has 0 aromatic carbocycles. The highest BCUT2D eigenvalue weighted by Gasteiger charge is 2.08. The third kappa shape index (κ3) is 3.55. The van der Waals surface area contributed by atoms with Crippen molar-refractivity contribution in [2.24, 2.45) is 5.92 Å². The fourth-order valence-corrected chi connectivity index (χ4v) is 0.937. The molecule has 78 valence electrons. The van der Waals surface area contributed by atoms with E-state index in [2.05, 4.69) is 15.5 Å². The number of hydrogen-bond acceptors (Lipinski definition) is 4. The zero-order valence-electron chi connectivity index (χ0n) is 8.70. The lowest BCUT2D eigenvalue weighted by Crippen LogP contribution is -2.29. The van der Waals surface area contributed by atoms with Crippen LogP contribution in [0.3, 0.4) is 0 Å². The molecule has 1 aromatic heterocycles. The molecule has 1 amide bonds. The van der Waals surface area contributed by atoms with E-state index < -0.39 is 0 Å². The average molecular weight is 197 g/mol. The van der Waals surface area contributed by atoms with Crippen molar-refractivity contribution in [2.75, 3.05) is 6.54 Å². The Labute approximate surface area is 82.9 Å². The SMILES string of the molecule is Cc1nc(CC(=O)NCC(C)C)no1. The van der Waals surface area contributed by atoms with Gasteiger partial charge in [-0.05, 0) is 5.92 Å². The number of hydrogen-bond donors (Lipinski definition) is 1. The van der Waals surface area contributed by atoms with Crippen molar-refractivity contribution in [2.45, 2.75) is 27.2 Å². The molecule has 5 heteroatoms. The number of aromatic nitrogens is 2. The minimum Gasteiger partial charge on any atom is -0.355 e. The molecule has 0 atom stereocenters. The Bertz CT molecular complexity index is 307. The number of aryl methyl sites for hydroxylation is 1. The Morgan fingerprint density at radius 1 is 1.57 bits per heavy atom. The fraction of sp³-hybridized carbons (Fsp3) is 0.667. The van der Waals surface area contributed by atoms with E-state index in [0.717, 1.165) is 0 Å². The molecule has 0 aliphatic rings. The molecule has 0 saturated carbocycles. The Hall–Kier alpha value is -1.39. The van der Waals surface area contributed by atoms with Crippen LogP contribution in [0.1, 0.15) is 25.6 Å². The van der Waals surface area contributed by atoms with E-state index in [9.17, 15) is 4.79 Å². The summed E-state index contributed by atoms with van der Waals surface area (Å²) in [5.41, 5.74) is 0. The zero-order valence-corrected chi connectivity index (χ0v) is 8.70. The van der Waals surface area contributed by atoms with E-state index >= 15 is 0 Å². The van der Waals surface area contributed by atoms with Crippen LogP contribution >= 0.6 is 0 Å². The van der Waals surface area contributed by atoms with E-state index in [1.807, 2.05) is 13.8 Å². The molecule has 1 aromatic rings. The topological polar surface area (TPSA) is 68.0 Å². The Morgan fingerprint density at radius 3 is 2.79 bits per heavy atom. The number of carbonyl (C=O) groups is 1. The number of amides is 1. The van der Waals surface area contributed by atoms with Gasteiger partial charge < -0.3 is 9.84 Å². The van der Waals surface area contributed by atoms with Crippen LogP contribution in [0, 0.1) is 12.8 Å². The maximum absolute atomic E-state index is 11.3. The van der Waals surface area contributed by atoms with Crippen LogP contribution in [0.5, 0.6) is 0 Å². The van der Waals surface area contributed by atoms with Crippen molar-refractivity contribution < 1.29 is 9.32 Å². The second-order valence-electron chi connectivity index (χ2n) is 3.60. The third-order valence-electron chi connectivity index (χ3n) is 1.60. The molecule has 0 unspecified atom stereocenters. The highest BCUT2D eigenvalue weighted by atomic mass is 16.5. The average Bonchev–Trinajstić information content (AvgIpc) is 2.48. The van der Waals surface area contributed by atoms with Crippen molar-refractivity contribution in [1.29, 1.82) is 0 Å². The quantitative estimate of drug-likeness (QED) is 0.771. The smallest absolute Gasteiger partial charge is 0.227 e. The van der Waals surface area contributed by atoms with Gasteiger partial charge in [-0.3, -0.25) is 4.79 Å². The van der Waals surface area contributed by atoms with E-state index in [-0.39, 0.29) is 12.3 Å². The summed E-state index contributed by atoms with van der Waals surface area (Å²) in [6.07, 6.45) is 0.185. The van der Waals surface area contributed by atoms with Gasteiger partial charge in [0.25, 0.3) is 0 Å². The van der Waals surface area contributed by atoms with E-state index in [4.69, 9.17) is 4.52 Å². The number of rotatable bonds is 4. The van der Waals surface area contributed by atoms with Crippen molar-refractivity contribution in [3.05, 3.63) is 11.7 Å². The summed E-state index contributed by atoms with van der Waals surface area (Å²) in [6.45, 7) is 6.45. The lowest BCUT2D eigenvalue weighted by molar-refractivity contribution is -0.120. The molecule has 0 radical (unpaired) electrons. The highest BCUT2D eigenvalue weighted by molar-refractivity contribution is 5.77. The second kappa shape index (κ2) is 4.74. The van der Waals surface area contributed by atoms with E-state index in [0.29, 0.717) is 24.2 Å².